The predicted octanol–water partition coefficient (Wildman–Crippen LogP) is 2.39. The Hall–Kier alpha value is -0.0800. The van der Waals surface area contributed by atoms with Crippen LogP contribution in [0.25, 0.3) is 0 Å². The molecule has 0 amide bonds. The molecule has 92 valence electrons. The van der Waals surface area contributed by atoms with E-state index < -0.39 is 0 Å². The van der Waals surface area contributed by atoms with Gasteiger partial charge in [0.2, 0.25) is 0 Å². The third-order valence-electron chi connectivity index (χ3n) is 5.54. The standard InChI is InChI=1S/C14H26N2/c1-3-14(4-2)9-16(10-14)13-7-11-5-6-12(8-13)15-11/h11-13,15H,3-10H2,1-2H3. The van der Waals surface area contributed by atoms with Crippen LogP contribution >= 0.6 is 0 Å². The van der Waals surface area contributed by atoms with Gasteiger partial charge in [-0.15, -0.1) is 0 Å². The van der Waals surface area contributed by atoms with E-state index in [-0.39, 0.29) is 0 Å². The molecule has 2 heteroatoms. The smallest absolute Gasteiger partial charge is 0.0125 e. The third-order valence-corrected chi connectivity index (χ3v) is 5.54. The molecule has 0 spiro atoms. The second-order valence-corrected chi connectivity index (χ2v) is 6.38. The Balaban J connectivity index is 1.57. The van der Waals surface area contributed by atoms with Crippen LogP contribution in [0.2, 0.25) is 0 Å². The molecule has 3 rings (SSSR count). The van der Waals surface area contributed by atoms with Gasteiger partial charge in [-0.2, -0.15) is 0 Å². The maximum Gasteiger partial charge on any atom is 0.0125 e. The van der Waals surface area contributed by atoms with Crippen molar-refractivity contribution in [1.82, 2.24) is 10.2 Å². The van der Waals surface area contributed by atoms with E-state index in [4.69, 9.17) is 0 Å². The van der Waals surface area contributed by atoms with E-state index in [1.807, 2.05) is 0 Å². The summed E-state index contributed by atoms with van der Waals surface area (Å²) < 4.78 is 0. The summed E-state index contributed by atoms with van der Waals surface area (Å²) in [5, 5.41) is 3.75. The lowest BCUT2D eigenvalue weighted by molar-refractivity contribution is -0.0489. The Bertz CT molecular complexity index is 239. The molecule has 2 bridgehead atoms. The number of nitrogens with one attached hydrogen (secondary N) is 1. The number of rotatable bonds is 3. The van der Waals surface area contributed by atoms with Gasteiger partial charge in [0.1, 0.15) is 0 Å². The molecule has 16 heavy (non-hydrogen) atoms. The molecule has 3 aliphatic heterocycles. The van der Waals surface area contributed by atoms with E-state index in [0.717, 1.165) is 18.1 Å². The molecule has 0 radical (unpaired) electrons. The monoisotopic (exact) mass is 222 g/mol. The summed E-state index contributed by atoms with van der Waals surface area (Å²) in [4.78, 5) is 2.78. The molecule has 0 saturated carbocycles. The highest BCUT2D eigenvalue weighted by atomic mass is 15.2. The van der Waals surface area contributed by atoms with Crippen molar-refractivity contribution in [3.8, 4) is 0 Å². The SMILES string of the molecule is CCC1(CC)CN(C2CC3CCC(C2)N3)C1. The average Bonchev–Trinajstić information content (AvgIpc) is 2.58. The molecular weight excluding hydrogens is 196 g/mol. The summed E-state index contributed by atoms with van der Waals surface area (Å²) >= 11 is 0. The number of nitrogens with zero attached hydrogens (tertiary/aromatic N) is 1. The normalized spacial score (nSPS) is 42.0. The molecule has 3 heterocycles. The Kier molecular flexibility index (Phi) is 2.75. The van der Waals surface area contributed by atoms with Gasteiger partial charge in [0.25, 0.3) is 0 Å². The lowest BCUT2D eigenvalue weighted by atomic mass is 9.73. The van der Waals surface area contributed by atoms with Crippen LogP contribution in [0.3, 0.4) is 0 Å². The van der Waals surface area contributed by atoms with Crippen LogP contribution in [-0.2, 0) is 0 Å². The van der Waals surface area contributed by atoms with Gasteiger partial charge in [-0.1, -0.05) is 13.8 Å². The van der Waals surface area contributed by atoms with E-state index in [1.54, 1.807) is 0 Å². The van der Waals surface area contributed by atoms with Crippen LogP contribution < -0.4 is 5.32 Å². The number of likely N-dealkylation sites (tertiary alicyclic amines) is 1. The van der Waals surface area contributed by atoms with Crippen molar-refractivity contribution in [3.05, 3.63) is 0 Å². The van der Waals surface area contributed by atoms with Gasteiger partial charge in [-0.25, -0.2) is 0 Å². The molecule has 0 aromatic rings. The fourth-order valence-electron chi connectivity index (χ4n) is 4.10. The second-order valence-electron chi connectivity index (χ2n) is 6.38. The highest BCUT2D eigenvalue weighted by Gasteiger charge is 2.45. The van der Waals surface area contributed by atoms with Gasteiger partial charge in [0.15, 0.2) is 0 Å². The van der Waals surface area contributed by atoms with E-state index in [9.17, 15) is 0 Å². The number of hydrogen-bond donors (Lipinski definition) is 1. The summed E-state index contributed by atoms with van der Waals surface area (Å²) in [6.45, 7) is 7.49. The lowest BCUT2D eigenvalue weighted by Crippen LogP contribution is -2.62. The van der Waals surface area contributed by atoms with E-state index >= 15 is 0 Å². The first-order valence-corrected chi connectivity index (χ1v) is 7.25. The summed E-state index contributed by atoms with van der Waals surface area (Å²) in [6, 6.07) is 2.61. The zero-order valence-electron chi connectivity index (χ0n) is 10.8. The van der Waals surface area contributed by atoms with Crippen molar-refractivity contribution in [3.63, 3.8) is 0 Å². The van der Waals surface area contributed by atoms with Gasteiger partial charge >= 0.3 is 0 Å². The summed E-state index contributed by atoms with van der Waals surface area (Å²) in [5.74, 6) is 0. The number of piperidine rings is 1. The average molecular weight is 222 g/mol. The molecule has 2 atom stereocenters. The molecule has 1 N–H and O–H groups in total. The Labute approximate surface area is 99.8 Å². The van der Waals surface area contributed by atoms with Gasteiger partial charge < -0.3 is 5.32 Å². The third kappa shape index (κ3) is 1.70. The fourth-order valence-corrected chi connectivity index (χ4v) is 4.10. The predicted molar refractivity (Wildman–Crippen MR) is 67.6 cm³/mol. The van der Waals surface area contributed by atoms with Crippen LogP contribution in [0.15, 0.2) is 0 Å². The van der Waals surface area contributed by atoms with Crippen LogP contribution in [0.1, 0.15) is 52.4 Å². The van der Waals surface area contributed by atoms with E-state index in [1.165, 1.54) is 51.6 Å². The minimum atomic E-state index is 0.684. The molecule has 2 nitrogen and oxygen atoms in total. The van der Waals surface area contributed by atoms with E-state index in [0.29, 0.717) is 5.41 Å². The lowest BCUT2D eigenvalue weighted by Gasteiger charge is -2.54. The Morgan fingerprint density at radius 1 is 1.06 bits per heavy atom. The number of fused-ring (bicyclic) bond motifs is 2. The zero-order valence-corrected chi connectivity index (χ0v) is 10.8. The van der Waals surface area contributed by atoms with Gasteiger partial charge in [-0.3, -0.25) is 4.90 Å². The second kappa shape index (κ2) is 3.99. The van der Waals surface area contributed by atoms with Crippen molar-refractivity contribution in [2.75, 3.05) is 13.1 Å². The summed E-state index contributed by atoms with van der Waals surface area (Å²) in [6.07, 6.45) is 8.44. The molecule has 3 aliphatic rings. The summed E-state index contributed by atoms with van der Waals surface area (Å²) in [7, 11) is 0. The van der Waals surface area contributed by atoms with Crippen LogP contribution in [-0.4, -0.2) is 36.1 Å². The first kappa shape index (κ1) is 11.0. The molecular formula is C14H26N2. The van der Waals surface area contributed by atoms with Crippen molar-refractivity contribution in [2.24, 2.45) is 5.41 Å². The van der Waals surface area contributed by atoms with Crippen molar-refractivity contribution < 1.29 is 0 Å². The van der Waals surface area contributed by atoms with Crippen LogP contribution in [0.4, 0.5) is 0 Å². The van der Waals surface area contributed by atoms with Gasteiger partial charge in [0, 0.05) is 31.2 Å². The highest BCUT2D eigenvalue weighted by molar-refractivity contribution is 5.01. The Morgan fingerprint density at radius 3 is 2.12 bits per heavy atom. The molecule has 0 aromatic carbocycles. The van der Waals surface area contributed by atoms with Crippen molar-refractivity contribution >= 4 is 0 Å². The van der Waals surface area contributed by atoms with Crippen LogP contribution in [0.5, 0.6) is 0 Å². The first-order valence-electron chi connectivity index (χ1n) is 7.25. The highest BCUT2D eigenvalue weighted by Crippen LogP contribution is 2.41. The first-order chi connectivity index (χ1) is 7.74. The van der Waals surface area contributed by atoms with Crippen molar-refractivity contribution in [2.45, 2.75) is 70.5 Å². The maximum atomic E-state index is 3.75. The van der Waals surface area contributed by atoms with Crippen molar-refractivity contribution in [1.29, 1.82) is 0 Å². The Morgan fingerprint density at radius 2 is 1.62 bits per heavy atom. The molecule has 2 unspecified atom stereocenters. The zero-order chi connectivity index (χ0) is 11.2. The summed E-state index contributed by atoms with van der Waals surface area (Å²) in [5.41, 5.74) is 0.684. The minimum Gasteiger partial charge on any atom is -0.311 e. The topological polar surface area (TPSA) is 15.3 Å². The molecule has 0 aliphatic carbocycles. The quantitative estimate of drug-likeness (QED) is 0.789. The van der Waals surface area contributed by atoms with E-state index in [2.05, 4.69) is 24.1 Å². The van der Waals surface area contributed by atoms with Gasteiger partial charge in [0.05, 0.1) is 0 Å². The fraction of sp³-hybridized carbons (Fsp3) is 1.00. The van der Waals surface area contributed by atoms with Gasteiger partial charge in [-0.05, 0) is 43.9 Å². The number of hydrogen-bond acceptors (Lipinski definition) is 2. The minimum absolute atomic E-state index is 0.684. The van der Waals surface area contributed by atoms with Crippen LogP contribution in [0, 0.1) is 5.41 Å². The molecule has 3 saturated heterocycles. The molecule has 0 aromatic heterocycles. The molecule has 3 fully saturated rings. The largest absolute Gasteiger partial charge is 0.311 e. The maximum absolute atomic E-state index is 3.75.